The van der Waals surface area contributed by atoms with E-state index in [9.17, 15) is 9.59 Å². The Kier molecular flexibility index (Phi) is 10.8. The molecule has 3 rings (SSSR count). The number of furan rings is 1. The number of rotatable bonds is 13. The molecular weight excluding hydrogens is 474 g/mol. The standard InChI is InChI=1S/C28H41N3O6/c1-21(2)28(33)31(13-12-29-14-16-36-17-15-29)20-27(32)30(19-24-8-6-22(3)37-24)11-10-23-7-9-25(34-4)26(18-23)35-5/h6-9,18,21H,10-17,19-20H2,1-5H3. The van der Waals surface area contributed by atoms with Crippen molar-refractivity contribution in [1.82, 2.24) is 14.7 Å². The molecule has 0 atom stereocenters. The molecule has 1 aromatic carbocycles. The SMILES string of the molecule is COc1ccc(CCN(Cc2ccc(C)o2)C(=O)CN(CCN2CCOCC2)C(=O)C(C)C)cc1OC. The Morgan fingerprint density at radius 3 is 2.35 bits per heavy atom. The maximum atomic E-state index is 13.6. The molecule has 1 aromatic heterocycles. The number of morpholine rings is 1. The molecule has 1 aliphatic heterocycles. The van der Waals surface area contributed by atoms with Crippen molar-refractivity contribution in [2.45, 2.75) is 33.7 Å². The van der Waals surface area contributed by atoms with E-state index in [1.165, 1.54) is 0 Å². The van der Waals surface area contributed by atoms with Gasteiger partial charge in [-0.3, -0.25) is 14.5 Å². The highest BCUT2D eigenvalue weighted by molar-refractivity contribution is 5.85. The Morgan fingerprint density at radius 1 is 1.00 bits per heavy atom. The van der Waals surface area contributed by atoms with Crippen LogP contribution in [0.4, 0.5) is 0 Å². The third-order valence-electron chi connectivity index (χ3n) is 6.54. The lowest BCUT2D eigenvalue weighted by molar-refractivity contribution is -0.143. The number of carbonyl (C=O) groups is 2. The summed E-state index contributed by atoms with van der Waals surface area (Å²) in [5.41, 5.74) is 1.02. The molecule has 0 bridgehead atoms. The maximum Gasteiger partial charge on any atom is 0.242 e. The fourth-order valence-electron chi connectivity index (χ4n) is 4.33. The predicted octanol–water partition coefficient (Wildman–Crippen LogP) is 2.99. The first kappa shape index (κ1) is 28.5. The average molecular weight is 516 g/mol. The number of hydrogen-bond donors (Lipinski definition) is 0. The second-order valence-corrected chi connectivity index (χ2v) is 9.64. The lowest BCUT2D eigenvalue weighted by atomic mass is 10.1. The summed E-state index contributed by atoms with van der Waals surface area (Å²) in [4.78, 5) is 32.3. The summed E-state index contributed by atoms with van der Waals surface area (Å²) in [5.74, 6) is 2.51. The Bertz CT molecular complexity index is 1020. The van der Waals surface area contributed by atoms with Crippen LogP contribution in [0.3, 0.4) is 0 Å². The van der Waals surface area contributed by atoms with Crippen molar-refractivity contribution in [2.24, 2.45) is 5.92 Å². The number of amides is 2. The van der Waals surface area contributed by atoms with Crippen molar-refractivity contribution >= 4 is 11.8 Å². The summed E-state index contributed by atoms with van der Waals surface area (Å²) in [6.07, 6.45) is 0.623. The number of nitrogens with zero attached hydrogens (tertiary/aromatic N) is 3. The smallest absolute Gasteiger partial charge is 0.242 e. The van der Waals surface area contributed by atoms with Crippen molar-refractivity contribution in [3.63, 3.8) is 0 Å². The van der Waals surface area contributed by atoms with Crippen molar-refractivity contribution < 1.29 is 28.2 Å². The van der Waals surface area contributed by atoms with Crippen LogP contribution in [0.1, 0.15) is 30.9 Å². The van der Waals surface area contributed by atoms with E-state index >= 15 is 0 Å². The van der Waals surface area contributed by atoms with Gasteiger partial charge < -0.3 is 28.4 Å². The van der Waals surface area contributed by atoms with Gasteiger partial charge in [-0.2, -0.15) is 0 Å². The summed E-state index contributed by atoms with van der Waals surface area (Å²) < 4.78 is 22.0. The van der Waals surface area contributed by atoms with Gasteiger partial charge in [-0.05, 0) is 43.2 Å². The van der Waals surface area contributed by atoms with Gasteiger partial charge in [-0.15, -0.1) is 0 Å². The molecule has 204 valence electrons. The quantitative estimate of drug-likeness (QED) is 0.406. The minimum atomic E-state index is -0.189. The van der Waals surface area contributed by atoms with Crippen LogP contribution < -0.4 is 9.47 Å². The number of ether oxygens (including phenoxy) is 3. The molecule has 2 amide bonds. The molecule has 0 spiro atoms. The van der Waals surface area contributed by atoms with Gasteiger partial charge in [0.25, 0.3) is 0 Å². The van der Waals surface area contributed by atoms with Crippen molar-refractivity contribution in [3.05, 3.63) is 47.4 Å². The first-order chi connectivity index (χ1) is 17.8. The predicted molar refractivity (Wildman–Crippen MR) is 141 cm³/mol. The lowest BCUT2D eigenvalue weighted by Crippen LogP contribution is -2.48. The van der Waals surface area contributed by atoms with E-state index in [1.54, 1.807) is 24.0 Å². The third-order valence-corrected chi connectivity index (χ3v) is 6.54. The van der Waals surface area contributed by atoms with Crippen LogP contribution in [0.5, 0.6) is 11.5 Å². The van der Waals surface area contributed by atoms with Crippen molar-refractivity contribution in [2.75, 3.05) is 66.7 Å². The molecule has 37 heavy (non-hydrogen) atoms. The van der Waals surface area contributed by atoms with E-state index in [0.29, 0.717) is 56.5 Å². The van der Waals surface area contributed by atoms with Crippen LogP contribution in [-0.4, -0.2) is 93.2 Å². The number of carbonyl (C=O) groups excluding carboxylic acids is 2. The van der Waals surface area contributed by atoms with Crippen LogP contribution in [0.2, 0.25) is 0 Å². The largest absolute Gasteiger partial charge is 0.493 e. The molecule has 2 aromatic rings. The first-order valence-electron chi connectivity index (χ1n) is 12.9. The molecule has 0 N–H and O–H groups in total. The molecule has 9 heteroatoms. The van der Waals surface area contributed by atoms with Crippen LogP contribution in [-0.2, 0) is 27.3 Å². The lowest BCUT2D eigenvalue weighted by Gasteiger charge is -2.32. The average Bonchev–Trinajstić information content (AvgIpc) is 3.32. The monoisotopic (exact) mass is 515 g/mol. The van der Waals surface area contributed by atoms with Gasteiger partial charge in [-0.1, -0.05) is 19.9 Å². The number of aryl methyl sites for hydroxylation is 1. The Labute approximate surface area is 220 Å². The highest BCUT2D eigenvalue weighted by atomic mass is 16.5. The summed E-state index contributed by atoms with van der Waals surface area (Å²) >= 11 is 0. The molecule has 1 aliphatic rings. The van der Waals surface area contributed by atoms with Gasteiger partial charge in [-0.25, -0.2) is 0 Å². The second kappa shape index (κ2) is 14.0. The Balaban J connectivity index is 1.72. The zero-order valence-corrected chi connectivity index (χ0v) is 22.8. The minimum absolute atomic E-state index is 0.0182. The maximum absolute atomic E-state index is 13.6. The summed E-state index contributed by atoms with van der Waals surface area (Å²) in [7, 11) is 3.21. The number of hydrogen-bond acceptors (Lipinski definition) is 7. The van der Waals surface area contributed by atoms with Crippen LogP contribution in [0.15, 0.2) is 34.7 Å². The molecule has 0 saturated carbocycles. The van der Waals surface area contributed by atoms with Crippen LogP contribution in [0, 0.1) is 12.8 Å². The van der Waals surface area contributed by atoms with Gasteiger partial charge in [0.1, 0.15) is 11.5 Å². The normalized spacial score (nSPS) is 14.0. The summed E-state index contributed by atoms with van der Waals surface area (Å²) in [6.45, 7) is 10.8. The van der Waals surface area contributed by atoms with Crippen molar-refractivity contribution in [1.29, 1.82) is 0 Å². The van der Waals surface area contributed by atoms with Crippen LogP contribution in [0.25, 0.3) is 0 Å². The second-order valence-electron chi connectivity index (χ2n) is 9.64. The fraction of sp³-hybridized carbons (Fsp3) is 0.571. The number of methoxy groups -OCH3 is 2. The molecular formula is C28H41N3O6. The Hall–Kier alpha value is -3.04. The minimum Gasteiger partial charge on any atom is -0.493 e. The molecule has 1 saturated heterocycles. The highest BCUT2D eigenvalue weighted by Crippen LogP contribution is 2.28. The molecule has 0 aliphatic carbocycles. The summed E-state index contributed by atoms with van der Waals surface area (Å²) in [6, 6.07) is 9.54. The van der Waals surface area contributed by atoms with Gasteiger partial charge in [0.15, 0.2) is 11.5 Å². The Morgan fingerprint density at radius 2 is 1.73 bits per heavy atom. The topological polar surface area (TPSA) is 84.7 Å². The van der Waals surface area contributed by atoms with Crippen LogP contribution >= 0.6 is 0 Å². The van der Waals surface area contributed by atoms with Gasteiger partial charge in [0.05, 0.1) is 40.5 Å². The van der Waals surface area contributed by atoms with E-state index in [-0.39, 0.29) is 24.3 Å². The van der Waals surface area contributed by atoms with Crippen molar-refractivity contribution in [3.8, 4) is 11.5 Å². The zero-order chi connectivity index (χ0) is 26.8. The molecule has 9 nitrogen and oxygen atoms in total. The summed E-state index contributed by atoms with van der Waals surface area (Å²) in [5, 5.41) is 0. The van der Waals surface area contributed by atoms with E-state index in [2.05, 4.69) is 4.90 Å². The first-order valence-corrected chi connectivity index (χ1v) is 12.9. The van der Waals surface area contributed by atoms with E-state index in [4.69, 9.17) is 18.6 Å². The highest BCUT2D eigenvalue weighted by Gasteiger charge is 2.25. The molecule has 2 heterocycles. The zero-order valence-electron chi connectivity index (χ0n) is 22.8. The number of benzene rings is 1. The van der Waals surface area contributed by atoms with E-state index in [1.807, 2.05) is 51.1 Å². The third kappa shape index (κ3) is 8.50. The van der Waals surface area contributed by atoms with Gasteiger partial charge in [0.2, 0.25) is 11.8 Å². The van der Waals surface area contributed by atoms with E-state index in [0.717, 1.165) is 31.0 Å². The fourth-order valence-corrected chi connectivity index (χ4v) is 4.33. The van der Waals surface area contributed by atoms with Gasteiger partial charge >= 0.3 is 0 Å². The van der Waals surface area contributed by atoms with E-state index < -0.39 is 0 Å². The molecule has 0 radical (unpaired) electrons. The molecule has 1 fully saturated rings. The molecule has 0 unspecified atom stereocenters. The van der Waals surface area contributed by atoms with Gasteiger partial charge in [0, 0.05) is 38.6 Å².